The number of methoxy groups -OCH3 is 1. The van der Waals surface area contributed by atoms with Crippen LogP contribution < -0.4 is 20.7 Å². The van der Waals surface area contributed by atoms with Crippen molar-refractivity contribution in [2.75, 3.05) is 51.9 Å². The summed E-state index contributed by atoms with van der Waals surface area (Å²) in [5, 5.41) is 8.43. The number of ether oxygens (including phenoxy) is 1. The van der Waals surface area contributed by atoms with E-state index in [1.54, 1.807) is 7.05 Å². The van der Waals surface area contributed by atoms with Crippen LogP contribution in [0.3, 0.4) is 0 Å². The lowest BCUT2D eigenvalue weighted by atomic mass is 9.93. The highest BCUT2D eigenvalue weighted by atomic mass is 32.2. The van der Waals surface area contributed by atoms with Gasteiger partial charge in [-0.2, -0.15) is 13.2 Å². The van der Waals surface area contributed by atoms with E-state index in [-0.39, 0.29) is 64.6 Å². The highest BCUT2D eigenvalue weighted by molar-refractivity contribution is 7.90. The van der Waals surface area contributed by atoms with Crippen LogP contribution in [0.2, 0.25) is 0 Å². The number of nitrogens with one attached hydrogen (secondary N) is 3. The van der Waals surface area contributed by atoms with Crippen LogP contribution in [0.4, 0.5) is 23.2 Å². The van der Waals surface area contributed by atoms with Crippen LogP contribution in [0.5, 0.6) is 5.75 Å². The van der Waals surface area contributed by atoms with Gasteiger partial charge >= 0.3 is 6.18 Å². The van der Waals surface area contributed by atoms with E-state index in [9.17, 15) is 35.6 Å². The standard InChI is InChI=1S/C30H34F4N6O5S/c1-18-14-39(15-27(41)35-2)9-7-22(18)38-29(42)20-10-19(11-24-28(20)37-17-40(24)16-30(32,33)34)6-5-8-36-23-13-26(46(4,43)44)21(31)12-25(23)45-3/h10-13,17-18,22,36H,7-9,14-16H2,1-4H3,(H,35,41)(H,38,42)/t18-,22-/m0/s1. The Morgan fingerprint density at radius 2 is 1.93 bits per heavy atom. The van der Waals surface area contributed by atoms with Gasteiger partial charge in [0.2, 0.25) is 5.91 Å². The quantitative estimate of drug-likeness (QED) is 0.235. The molecule has 2 atom stereocenters. The van der Waals surface area contributed by atoms with Gasteiger partial charge < -0.3 is 25.3 Å². The molecule has 0 aliphatic carbocycles. The fraction of sp³-hybridized carbons (Fsp3) is 0.433. The number of aromatic nitrogens is 2. The Bertz CT molecular complexity index is 1800. The number of sulfone groups is 1. The predicted octanol–water partition coefficient (Wildman–Crippen LogP) is 2.80. The number of amides is 2. The molecule has 2 aromatic carbocycles. The van der Waals surface area contributed by atoms with E-state index in [4.69, 9.17) is 4.74 Å². The van der Waals surface area contributed by atoms with E-state index in [1.807, 2.05) is 11.8 Å². The maximum atomic E-state index is 14.3. The number of carbonyl (C=O) groups is 2. The van der Waals surface area contributed by atoms with Gasteiger partial charge in [-0.3, -0.25) is 14.5 Å². The third-order valence-corrected chi connectivity index (χ3v) is 8.64. The average Bonchev–Trinajstić information content (AvgIpc) is 3.36. The van der Waals surface area contributed by atoms with Crippen molar-refractivity contribution in [3.8, 4) is 17.6 Å². The first-order chi connectivity index (χ1) is 21.6. The molecule has 1 aromatic heterocycles. The first kappa shape index (κ1) is 34.5. The fourth-order valence-electron chi connectivity index (χ4n) is 5.26. The summed E-state index contributed by atoms with van der Waals surface area (Å²) in [6.45, 7) is 1.91. The van der Waals surface area contributed by atoms with Crippen molar-refractivity contribution in [1.29, 1.82) is 0 Å². The highest BCUT2D eigenvalue weighted by Gasteiger charge is 2.31. The number of likely N-dealkylation sites (tertiary alicyclic amines) is 1. The molecule has 0 spiro atoms. The summed E-state index contributed by atoms with van der Waals surface area (Å²) < 4.78 is 84.2. The van der Waals surface area contributed by atoms with Crippen molar-refractivity contribution < 1.29 is 40.3 Å². The topological polar surface area (TPSA) is 135 Å². The molecule has 3 N–H and O–H groups in total. The van der Waals surface area contributed by atoms with Crippen LogP contribution in [-0.4, -0.2) is 93.5 Å². The molecule has 1 aliphatic heterocycles. The van der Waals surface area contributed by atoms with E-state index < -0.39 is 39.2 Å². The Morgan fingerprint density at radius 1 is 1.20 bits per heavy atom. The number of fused-ring (bicyclic) bond motifs is 1. The second kappa shape index (κ2) is 14.0. The van der Waals surface area contributed by atoms with Crippen LogP contribution >= 0.6 is 0 Å². The zero-order valence-electron chi connectivity index (χ0n) is 25.6. The zero-order chi connectivity index (χ0) is 33.8. The van der Waals surface area contributed by atoms with Crippen molar-refractivity contribution in [1.82, 2.24) is 25.1 Å². The van der Waals surface area contributed by atoms with E-state index in [2.05, 4.69) is 32.8 Å². The molecule has 248 valence electrons. The number of likely N-dealkylation sites (N-methyl/N-ethyl adjacent to an activating group) is 1. The lowest BCUT2D eigenvalue weighted by molar-refractivity contribution is -0.140. The molecule has 4 rings (SSSR count). The number of anilines is 1. The molecular weight excluding hydrogens is 632 g/mol. The number of hydrogen-bond donors (Lipinski definition) is 3. The molecule has 0 radical (unpaired) electrons. The van der Waals surface area contributed by atoms with E-state index in [1.165, 1.54) is 19.2 Å². The first-order valence-corrected chi connectivity index (χ1v) is 16.1. The maximum absolute atomic E-state index is 14.3. The van der Waals surface area contributed by atoms with Crippen molar-refractivity contribution in [2.24, 2.45) is 5.92 Å². The summed E-state index contributed by atoms with van der Waals surface area (Å²) in [4.78, 5) is 30.9. The number of hydrogen-bond acceptors (Lipinski definition) is 8. The monoisotopic (exact) mass is 666 g/mol. The molecule has 3 aromatic rings. The molecule has 16 heteroatoms. The number of nitrogens with zero attached hydrogens (tertiary/aromatic N) is 3. The van der Waals surface area contributed by atoms with Crippen molar-refractivity contribution >= 4 is 38.4 Å². The zero-order valence-corrected chi connectivity index (χ0v) is 26.4. The average molecular weight is 667 g/mol. The molecule has 46 heavy (non-hydrogen) atoms. The van der Waals surface area contributed by atoms with Gasteiger partial charge in [0.15, 0.2) is 9.84 Å². The number of rotatable bonds is 9. The lowest BCUT2D eigenvalue weighted by Gasteiger charge is -2.36. The molecule has 1 fully saturated rings. The minimum absolute atomic E-state index is 0.0126. The molecule has 0 bridgehead atoms. The minimum Gasteiger partial charge on any atom is -0.494 e. The molecule has 2 amide bonds. The Hall–Kier alpha value is -4.36. The second-order valence-electron chi connectivity index (χ2n) is 11.0. The first-order valence-electron chi connectivity index (χ1n) is 14.2. The Labute approximate surface area is 263 Å². The van der Waals surface area contributed by atoms with Gasteiger partial charge in [-0.25, -0.2) is 17.8 Å². The minimum atomic E-state index is -4.54. The summed E-state index contributed by atoms with van der Waals surface area (Å²) in [7, 11) is -1.03. The molecule has 1 aliphatic rings. The summed E-state index contributed by atoms with van der Waals surface area (Å²) >= 11 is 0. The van der Waals surface area contributed by atoms with Gasteiger partial charge in [-0.05, 0) is 30.5 Å². The second-order valence-corrected chi connectivity index (χ2v) is 13.0. The van der Waals surface area contributed by atoms with Gasteiger partial charge in [0.05, 0.1) is 43.3 Å². The van der Waals surface area contributed by atoms with Crippen molar-refractivity contribution in [3.05, 3.63) is 47.5 Å². The van der Waals surface area contributed by atoms with Crippen LogP contribution in [0.15, 0.2) is 35.5 Å². The van der Waals surface area contributed by atoms with Crippen LogP contribution in [0, 0.1) is 23.6 Å². The third kappa shape index (κ3) is 8.46. The number of carbonyl (C=O) groups excluding carboxylic acids is 2. The van der Waals surface area contributed by atoms with Gasteiger partial charge in [0.1, 0.15) is 28.5 Å². The molecule has 1 saturated heterocycles. The highest BCUT2D eigenvalue weighted by Crippen LogP contribution is 2.30. The third-order valence-electron chi connectivity index (χ3n) is 7.53. The molecule has 2 heterocycles. The lowest BCUT2D eigenvalue weighted by Crippen LogP contribution is -2.51. The number of halogens is 4. The van der Waals surface area contributed by atoms with Crippen molar-refractivity contribution in [2.45, 2.75) is 37.0 Å². The number of imidazole rings is 1. The van der Waals surface area contributed by atoms with Gasteiger partial charge in [-0.1, -0.05) is 18.8 Å². The van der Waals surface area contributed by atoms with Gasteiger partial charge in [0.25, 0.3) is 5.91 Å². The fourth-order valence-corrected chi connectivity index (χ4v) is 6.00. The molecule has 0 unspecified atom stereocenters. The van der Waals surface area contributed by atoms with Crippen LogP contribution in [0.25, 0.3) is 11.0 Å². The molecule has 11 nitrogen and oxygen atoms in total. The van der Waals surface area contributed by atoms with Crippen molar-refractivity contribution in [3.63, 3.8) is 0 Å². The summed E-state index contributed by atoms with van der Waals surface area (Å²) in [6, 6.07) is 4.61. The van der Waals surface area contributed by atoms with Gasteiger partial charge in [0, 0.05) is 44.1 Å². The summed E-state index contributed by atoms with van der Waals surface area (Å²) in [5.74, 6) is 4.03. The smallest absolute Gasteiger partial charge is 0.406 e. The Morgan fingerprint density at radius 3 is 2.57 bits per heavy atom. The van der Waals surface area contributed by atoms with Gasteiger partial charge in [-0.15, -0.1) is 0 Å². The summed E-state index contributed by atoms with van der Waals surface area (Å²) in [5.41, 5.74) is 0.592. The Kier molecular flexibility index (Phi) is 10.5. The number of benzene rings is 2. The predicted molar refractivity (Wildman–Crippen MR) is 163 cm³/mol. The summed E-state index contributed by atoms with van der Waals surface area (Å²) in [6.07, 6.45) is -2.09. The molecular formula is C30H34F4N6O5S. The maximum Gasteiger partial charge on any atom is 0.406 e. The normalized spacial score (nSPS) is 17.2. The van der Waals surface area contributed by atoms with Crippen LogP contribution in [0.1, 0.15) is 29.3 Å². The number of piperidine rings is 1. The SMILES string of the molecule is CNC(=O)CN1CC[C@H](NC(=O)c2cc(C#CCNc3cc(S(C)(=O)=O)c(F)cc3OC)cc3c2ncn3CC(F)(F)F)[C@@H](C)C1. The van der Waals surface area contributed by atoms with E-state index in [0.717, 1.165) is 29.3 Å². The van der Waals surface area contributed by atoms with E-state index >= 15 is 0 Å². The largest absolute Gasteiger partial charge is 0.494 e. The van der Waals surface area contributed by atoms with Crippen LogP contribution in [-0.2, 0) is 21.2 Å². The number of alkyl halides is 3. The Balaban J connectivity index is 1.60. The molecule has 0 saturated carbocycles. The van der Waals surface area contributed by atoms with E-state index in [0.29, 0.717) is 19.5 Å².